The molecule has 2 aromatic heterocycles. The fourth-order valence-corrected chi connectivity index (χ4v) is 4.49. The molecular formula is C15H22N2OS2. The van der Waals surface area contributed by atoms with E-state index in [-0.39, 0.29) is 5.41 Å². The predicted molar refractivity (Wildman–Crippen MR) is 85.6 cm³/mol. The minimum Gasteiger partial charge on any atom is -0.375 e. The second kappa shape index (κ2) is 4.90. The van der Waals surface area contributed by atoms with Gasteiger partial charge in [-0.1, -0.05) is 20.8 Å². The summed E-state index contributed by atoms with van der Waals surface area (Å²) in [6.45, 7) is 14.1. The van der Waals surface area contributed by atoms with Gasteiger partial charge in [0.15, 0.2) is 5.60 Å². The summed E-state index contributed by atoms with van der Waals surface area (Å²) in [5.41, 5.74) is 0.455. The van der Waals surface area contributed by atoms with Crippen molar-refractivity contribution in [2.75, 3.05) is 0 Å². The second-order valence-corrected chi connectivity index (χ2v) is 8.69. The molecule has 110 valence electrons. The first-order chi connectivity index (χ1) is 9.07. The van der Waals surface area contributed by atoms with Gasteiger partial charge in [-0.15, -0.1) is 22.7 Å². The summed E-state index contributed by atoms with van der Waals surface area (Å²) in [6.07, 6.45) is 0. The summed E-state index contributed by atoms with van der Waals surface area (Å²) in [4.78, 5) is 11.5. The van der Waals surface area contributed by atoms with Gasteiger partial charge in [0, 0.05) is 15.2 Å². The van der Waals surface area contributed by atoms with Crippen LogP contribution in [0.4, 0.5) is 0 Å². The summed E-state index contributed by atoms with van der Waals surface area (Å²) < 4.78 is 0. The van der Waals surface area contributed by atoms with Crippen LogP contribution in [0.3, 0.4) is 0 Å². The van der Waals surface area contributed by atoms with Gasteiger partial charge in [-0.05, 0) is 27.7 Å². The van der Waals surface area contributed by atoms with Gasteiger partial charge in [0.05, 0.1) is 11.4 Å². The van der Waals surface area contributed by atoms with E-state index in [1.165, 1.54) is 0 Å². The van der Waals surface area contributed by atoms with Gasteiger partial charge in [-0.25, -0.2) is 9.97 Å². The summed E-state index contributed by atoms with van der Waals surface area (Å²) in [6, 6.07) is 0. The highest BCUT2D eigenvalue weighted by Crippen LogP contribution is 2.47. The van der Waals surface area contributed by atoms with Crippen LogP contribution in [0, 0.1) is 33.1 Å². The molecule has 0 amide bonds. The first-order valence-corrected chi connectivity index (χ1v) is 8.32. The van der Waals surface area contributed by atoms with E-state index in [1.54, 1.807) is 22.7 Å². The van der Waals surface area contributed by atoms with Crippen LogP contribution in [0.15, 0.2) is 0 Å². The molecule has 0 saturated heterocycles. The van der Waals surface area contributed by atoms with Crippen molar-refractivity contribution in [2.24, 2.45) is 5.41 Å². The van der Waals surface area contributed by atoms with Gasteiger partial charge in [0.1, 0.15) is 10.0 Å². The smallest absolute Gasteiger partial charge is 0.172 e. The van der Waals surface area contributed by atoms with Crippen molar-refractivity contribution < 1.29 is 5.11 Å². The molecule has 2 heterocycles. The lowest BCUT2D eigenvalue weighted by atomic mass is 9.77. The molecule has 2 aromatic rings. The fourth-order valence-electron chi connectivity index (χ4n) is 1.99. The number of nitrogens with zero attached hydrogens (tertiary/aromatic N) is 2. The maximum Gasteiger partial charge on any atom is 0.172 e. The van der Waals surface area contributed by atoms with Crippen LogP contribution in [-0.2, 0) is 5.60 Å². The van der Waals surface area contributed by atoms with E-state index in [0.29, 0.717) is 0 Å². The zero-order valence-corrected chi connectivity index (χ0v) is 14.8. The number of aryl methyl sites for hydroxylation is 4. The van der Waals surface area contributed by atoms with Crippen molar-refractivity contribution in [3.8, 4) is 0 Å². The van der Waals surface area contributed by atoms with E-state index in [9.17, 15) is 5.11 Å². The first-order valence-electron chi connectivity index (χ1n) is 6.68. The number of aromatic nitrogens is 2. The van der Waals surface area contributed by atoms with Crippen LogP contribution in [0.2, 0.25) is 0 Å². The standard InChI is InChI=1S/C15H22N2OS2/c1-8-10(3)19-12(16-8)15(18,14(5,6)7)13-17-9(2)11(4)20-13/h18H,1-7H3. The third-order valence-corrected chi connectivity index (χ3v) is 6.12. The molecule has 20 heavy (non-hydrogen) atoms. The van der Waals surface area contributed by atoms with E-state index in [2.05, 4.69) is 9.97 Å². The zero-order chi connectivity index (χ0) is 15.3. The molecule has 0 aliphatic carbocycles. The molecular weight excluding hydrogens is 288 g/mol. The molecule has 0 aliphatic rings. The molecule has 0 radical (unpaired) electrons. The van der Waals surface area contributed by atoms with Gasteiger partial charge < -0.3 is 5.11 Å². The number of hydrogen-bond acceptors (Lipinski definition) is 5. The third-order valence-electron chi connectivity index (χ3n) is 3.76. The van der Waals surface area contributed by atoms with Gasteiger partial charge in [0.2, 0.25) is 0 Å². The lowest BCUT2D eigenvalue weighted by Gasteiger charge is -2.36. The molecule has 0 fully saturated rings. The van der Waals surface area contributed by atoms with Gasteiger partial charge in [0.25, 0.3) is 0 Å². The summed E-state index contributed by atoms with van der Waals surface area (Å²) in [5.74, 6) is 0. The monoisotopic (exact) mass is 310 g/mol. The highest BCUT2D eigenvalue weighted by Gasteiger charge is 2.48. The van der Waals surface area contributed by atoms with Crippen molar-refractivity contribution in [2.45, 2.75) is 54.1 Å². The summed E-state index contributed by atoms with van der Waals surface area (Å²) in [5, 5.41) is 13.0. The van der Waals surface area contributed by atoms with E-state index >= 15 is 0 Å². The van der Waals surface area contributed by atoms with Crippen molar-refractivity contribution in [3.63, 3.8) is 0 Å². The number of hydrogen-bond donors (Lipinski definition) is 1. The molecule has 0 spiro atoms. The second-order valence-electron chi connectivity index (χ2n) is 6.28. The number of thiazole rings is 2. The topological polar surface area (TPSA) is 46.0 Å². The Bertz CT molecular complexity index is 550. The molecule has 0 atom stereocenters. The zero-order valence-electron chi connectivity index (χ0n) is 13.2. The molecule has 0 saturated carbocycles. The molecule has 0 bridgehead atoms. The molecule has 3 nitrogen and oxygen atoms in total. The summed E-state index contributed by atoms with van der Waals surface area (Å²) >= 11 is 3.13. The number of rotatable bonds is 2. The van der Waals surface area contributed by atoms with Gasteiger partial charge in [-0.2, -0.15) is 0 Å². The first kappa shape index (κ1) is 15.6. The maximum atomic E-state index is 11.5. The SMILES string of the molecule is Cc1nc(C(O)(c2nc(C)c(C)s2)C(C)(C)C)sc1C. The largest absolute Gasteiger partial charge is 0.375 e. The lowest BCUT2D eigenvalue weighted by Crippen LogP contribution is -2.41. The van der Waals surface area contributed by atoms with Crippen molar-refractivity contribution in [3.05, 3.63) is 31.2 Å². The van der Waals surface area contributed by atoms with Crippen LogP contribution in [-0.4, -0.2) is 15.1 Å². The predicted octanol–water partition coefficient (Wildman–Crippen LogP) is 4.12. The normalized spacial score (nSPS) is 13.0. The Morgan fingerprint density at radius 2 is 1.15 bits per heavy atom. The Balaban J connectivity index is 2.68. The lowest BCUT2D eigenvalue weighted by molar-refractivity contribution is -0.0263. The maximum absolute atomic E-state index is 11.5. The third kappa shape index (κ3) is 2.32. The van der Waals surface area contributed by atoms with E-state index in [1.807, 2.05) is 48.5 Å². The minimum absolute atomic E-state index is 0.375. The minimum atomic E-state index is -1.14. The highest BCUT2D eigenvalue weighted by atomic mass is 32.1. The average Bonchev–Trinajstić information content (AvgIpc) is 2.82. The van der Waals surface area contributed by atoms with Crippen molar-refractivity contribution in [1.82, 2.24) is 9.97 Å². The Morgan fingerprint density at radius 3 is 1.35 bits per heavy atom. The molecule has 1 N–H and O–H groups in total. The van der Waals surface area contributed by atoms with E-state index < -0.39 is 5.60 Å². The quantitative estimate of drug-likeness (QED) is 0.907. The fraction of sp³-hybridized carbons (Fsp3) is 0.600. The van der Waals surface area contributed by atoms with Crippen molar-refractivity contribution >= 4 is 22.7 Å². The van der Waals surface area contributed by atoms with Crippen molar-refractivity contribution in [1.29, 1.82) is 0 Å². The van der Waals surface area contributed by atoms with E-state index in [0.717, 1.165) is 31.2 Å². The molecule has 5 heteroatoms. The van der Waals surface area contributed by atoms with Crippen LogP contribution < -0.4 is 0 Å². The summed E-state index contributed by atoms with van der Waals surface area (Å²) in [7, 11) is 0. The molecule has 0 aromatic carbocycles. The van der Waals surface area contributed by atoms with Crippen LogP contribution in [0.5, 0.6) is 0 Å². The van der Waals surface area contributed by atoms with Crippen LogP contribution >= 0.6 is 22.7 Å². The van der Waals surface area contributed by atoms with E-state index in [4.69, 9.17) is 0 Å². The Hall–Kier alpha value is -0.780. The Morgan fingerprint density at radius 1 is 0.800 bits per heavy atom. The van der Waals surface area contributed by atoms with Gasteiger partial charge >= 0.3 is 0 Å². The Kier molecular flexibility index (Phi) is 3.82. The highest BCUT2D eigenvalue weighted by molar-refractivity contribution is 7.13. The van der Waals surface area contributed by atoms with Crippen LogP contribution in [0.1, 0.15) is 51.9 Å². The van der Waals surface area contributed by atoms with Crippen LogP contribution in [0.25, 0.3) is 0 Å². The number of aliphatic hydroxyl groups is 1. The molecule has 0 unspecified atom stereocenters. The molecule has 2 rings (SSSR count). The van der Waals surface area contributed by atoms with Gasteiger partial charge in [-0.3, -0.25) is 0 Å². The average molecular weight is 310 g/mol. The Labute approximate surface area is 128 Å². The molecule has 0 aliphatic heterocycles.